The van der Waals surface area contributed by atoms with Gasteiger partial charge >= 0.3 is 0 Å². The third-order valence-electron chi connectivity index (χ3n) is 2.33. The number of nitrogens with zero attached hydrogens (tertiary/aromatic N) is 1. The zero-order valence-electron chi connectivity index (χ0n) is 12.8. The van der Waals surface area contributed by atoms with Crippen molar-refractivity contribution in [2.75, 3.05) is 71.9 Å². The molecule has 0 spiro atoms. The Balaban J connectivity index is 3.01. The Labute approximate surface area is 127 Å². The van der Waals surface area contributed by atoms with Gasteiger partial charge in [-0.2, -0.15) is 11.8 Å². The van der Waals surface area contributed by atoms with Gasteiger partial charge in [0.25, 0.3) is 0 Å². The highest BCUT2D eigenvalue weighted by Gasteiger charge is 1.90. The summed E-state index contributed by atoms with van der Waals surface area (Å²) in [7, 11) is 3.40. The van der Waals surface area contributed by atoms with Crippen molar-refractivity contribution >= 4 is 18.0 Å². The minimum Gasteiger partial charge on any atom is -0.385 e. The van der Waals surface area contributed by atoms with Gasteiger partial charge in [-0.15, -0.1) is 0 Å². The van der Waals surface area contributed by atoms with Crippen LogP contribution in [0.4, 0.5) is 0 Å². The highest BCUT2D eigenvalue weighted by molar-refractivity contribution is 7.99. The number of hydrogen-bond donors (Lipinski definition) is 0. The molecule has 0 saturated heterocycles. The van der Waals surface area contributed by atoms with Crippen LogP contribution in [0.3, 0.4) is 0 Å². The summed E-state index contributed by atoms with van der Waals surface area (Å²) in [6.07, 6.45) is 3.93. The molecule has 0 heterocycles. The first-order chi connectivity index (χ1) is 9.91. The molecule has 0 rings (SSSR count). The van der Waals surface area contributed by atoms with Crippen molar-refractivity contribution in [1.82, 2.24) is 0 Å². The Morgan fingerprint density at radius 2 is 1.55 bits per heavy atom. The molecule has 0 aliphatic heterocycles. The molecule has 0 aromatic carbocycles. The SMILES string of the molecule is COCCCSCCN=CCCOCCOCCOC. The van der Waals surface area contributed by atoms with Gasteiger partial charge < -0.3 is 18.9 Å². The molecule has 0 N–H and O–H groups in total. The molecule has 0 atom stereocenters. The van der Waals surface area contributed by atoms with Crippen LogP contribution in [0.15, 0.2) is 4.99 Å². The first-order valence-electron chi connectivity index (χ1n) is 7.11. The summed E-state index contributed by atoms with van der Waals surface area (Å²) in [6.45, 7) is 4.96. The predicted octanol–water partition coefficient (Wildman–Crippen LogP) is 1.90. The van der Waals surface area contributed by atoms with Gasteiger partial charge in [0.15, 0.2) is 0 Å². The molecule has 0 aromatic rings. The van der Waals surface area contributed by atoms with Crippen LogP contribution in [0.25, 0.3) is 0 Å². The monoisotopic (exact) mass is 307 g/mol. The fraction of sp³-hybridized carbons (Fsp3) is 0.929. The quantitative estimate of drug-likeness (QED) is 0.322. The van der Waals surface area contributed by atoms with Crippen LogP contribution >= 0.6 is 11.8 Å². The molecule has 0 saturated carbocycles. The average Bonchev–Trinajstić information content (AvgIpc) is 2.47. The second-order valence-electron chi connectivity index (χ2n) is 4.05. The highest BCUT2D eigenvalue weighted by Crippen LogP contribution is 2.01. The average molecular weight is 307 g/mol. The summed E-state index contributed by atoms with van der Waals surface area (Å²) in [5.74, 6) is 2.23. The molecule has 0 aliphatic carbocycles. The number of hydrogen-bond acceptors (Lipinski definition) is 6. The van der Waals surface area contributed by atoms with E-state index >= 15 is 0 Å². The lowest BCUT2D eigenvalue weighted by Gasteiger charge is -2.03. The van der Waals surface area contributed by atoms with Crippen molar-refractivity contribution in [3.63, 3.8) is 0 Å². The summed E-state index contributed by atoms with van der Waals surface area (Å²) in [6, 6.07) is 0. The van der Waals surface area contributed by atoms with Crippen LogP contribution in [-0.4, -0.2) is 78.1 Å². The molecule has 120 valence electrons. The van der Waals surface area contributed by atoms with Crippen molar-refractivity contribution in [3.05, 3.63) is 0 Å². The van der Waals surface area contributed by atoms with Gasteiger partial charge in [-0.25, -0.2) is 0 Å². The normalized spacial score (nSPS) is 11.5. The van der Waals surface area contributed by atoms with Crippen molar-refractivity contribution < 1.29 is 18.9 Å². The van der Waals surface area contributed by atoms with Gasteiger partial charge in [-0.1, -0.05) is 0 Å². The Morgan fingerprint density at radius 1 is 0.850 bits per heavy atom. The van der Waals surface area contributed by atoms with E-state index in [2.05, 4.69) is 4.99 Å². The summed E-state index contributed by atoms with van der Waals surface area (Å²) < 4.78 is 20.5. The van der Waals surface area contributed by atoms with Crippen LogP contribution < -0.4 is 0 Å². The fourth-order valence-corrected chi connectivity index (χ4v) is 2.07. The second kappa shape index (κ2) is 18.9. The summed E-state index contributed by atoms with van der Waals surface area (Å²) >= 11 is 1.92. The summed E-state index contributed by atoms with van der Waals surface area (Å²) in [5.41, 5.74) is 0. The predicted molar refractivity (Wildman–Crippen MR) is 85.3 cm³/mol. The largest absolute Gasteiger partial charge is 0.385 e. The second-order valence-corrected chi connectivity index (χ2v) is 5.28. The lowest BCUT2D eigenvalue weighted by Crippen LogP contribution is -2.09. The van der Waals surface area contributed by atoms with Crippen LogP contribution in [0.5, 0.6) is 0 Å². The van der Waals surface area contributed by atoms with Crippen molar-refractivity contribution in [2.24, 2.45) is 4.99 Å². The van der Waals surface area contributed by atoms with Gasteiger partial charge in [-0.05, 0) is 12.2 Å². The number of methoxy groups -OCH3 is 2. The van der Waals surface area contributed by atoms with Gasteiger partial charge in [0.05, 0.1) is 33.0 Å². The van der Waals surface area contributed by atoms with Crippen LogP contribution in [-0.2, 0) is 18.9 Å². The standard InChI is InChI=1S/C14H29NO4S/c1-16-7-4-13-20-14-6-15-5-3-8-18-11-12-19-10-9-17-2/h5H,3-4,6-14H2,1-2H3. The summed E-state index contributed by atoms with van der Waals surface area (Å²) in [4.78, 5) is 4.34. The summed E-state index contributed by atoms with van der Waals surface area (Å²) in [5, 5.41) is 0. The topological polar surface area (TPSA) is 49.3 Å². The number of aliphatic imine (C=N–C) groups is 1. The molecule has 0 unspecified atom stereocenters. The molecule has 0 aromatic heterocycles. The number of rotatable bonds is 16. The molecule has 5 nitrogen and oxygen atoms in total. The zero-order chi connectivity index (χ0) is 14.7. The van der Waals surface area contributed by atoms with Crippen LogP contribution in [0.2, 0.25) is 0 Å². The Morgan fingerprint density at radius 3 is 2.30 bits per heavy atom. The number of thioether (sulfide) groups is 1. The van der Waals surface area contributed by atoms with Crippen molar-refractivity contribution in [3.8, 4) is 0 Å². The van der Waals surface area contributed by atoms with Crippen molar-refractivity contribution in [2.45, 2.75) is 12.8 Å². The van der Waals surface area contributed by atoms with E-state index in [1.54, 1.807) is 14.2 Å². The molecular formula is C14H29NO4S. The molecule has 20 heavy (non-hydrogen) atoms. The Bertz CT molecular complexity index is 206. The van der Waals surface area contributed by atoms with E-state index in [0.29, 0.717) is 33.0 Å². The van der Waals surface area contributed by atoms with E-state index in [1.807, 2.05) is 18.0 Å². The maximum atomic E-state index is 5.41. The smallest absolute Gasteiger partial charge is 0.0701 e. The molecule has 0 fully saturated rings. The molecule has 6 heteroatoms. The first-order valence-corrected chi connectivity index (χ1v) is 8.26. The van der Waals surface area contributed by atoms with E-state index in [1.165, 1.54) is 0 Å². The van der Waals surface area contributed by atoms with E-state index in [9.17, 15) is 0 Å². The fourth-order valence-electron chi connectivity index (χ4n) is 1.31. The Kier molecular flexibility index (Phi) is 18.7. The van der Waals surface area contributed by atoms with E-state index in [4.69, 9.17) is 18.9 Å². The molecule has 0 amide bonds. The van der Waals surface area contributed by atoms with Crippen LogP contribution in [0, 0.1) is 0 Å². The zero-order valence-corrected chi connectivity index (χ0v) is 13.7. The lowest BCUT2D eigenvalue weighted by atomic mass is 10.5. The third-order valence-corrected chi connectivity index (χ3v) is 3.37. The molecule has 0 bridgehead atoms. The van der Waals surface area contributed by atoms with Gasteiger partial charge in [0.2, 0.25) is 0 Å². The van der Waals surface area contributed by atoms with E-state index in [0.717, 1.165) is 37.5 Å². The molecule has 0 aliphatic rings. The van der Waals surface area contributed by atoms with Gasteiger partial charge in [0.1, 0.15) is 0 Å². The Hall–Kier alpha value is -0.140. The minimum absolute atomic E-state index is 0.624. The maximum absolute atomic E-state index is 5.41. The first kappa shape index (κ1) is 19.9. The highest BCUT2D eigenvalue weighted by atomic mass is 32.2. The third kappa shape index (κ3) is 17.9. The lowest BCUT2D eigenvalue weighted by molar-refractivity contribution is 0.0266. The van der Waals surface area contributed by atoms with Gasteiger partial charge in [-0.3, -0.25) is 4.99 Å². The molecule has 0 radical (unpaired) electrons. The van der Waals surface area contributed by atoms with Crippen molar-refractivity contribution in [1.29, 1.82) is 0 Å². The minimum atomic E-state index is 0.624. The molecular weight excluding hydrogens is 278 g/mol. The van der Waals surface area contributed by atoms with Gasteiger partial charge in [0, 0.05) is 45.8 Å². The number of ether oxygens (including phenoxy) is 4. The van der Waals surface area contributed by atoms with Crippen LogP contribution in [0.1, 0.15) is 12.8 Å². The van der Waals surface area contributed by atoms with E-state index in [-0.39, 0.29) is 0 Å². The maximum Gasteiger partial charge on any atom is 0.0701 e. The van der Waals surface area contributed by atoms with E-state index < -0.39 is 0 Å².